The molecule has 22 heavy (non-hydrogen) atoms. The van der Waals surface area contributed by atoms with Gasteiger partial charge in [0.25, 0.3) is 0 Å². The third-order valence-corrected chi connectivity index (χ3v) is 3.37. The molecule has 0 N–H and O–H groups in total. The molecule has 114 valence electrons. The Kier molecular flexibility index (Phi) is 4.61. The highest BCUT2D eigenvalue weighted by Crippen LogP contribution is 2.24. The first kappa shape index (κ1) is 15.8. The summed E-state index contributed by atoms with van der Waals surface area (Å²) in [4.78, 5) is 23.9. The first-order valence-corrected chi connectivity index (χ1v) is 6.96. The summed E-state index contributed by atoms with van der Waals surface area (Å²) in [5, 5.41) is 0. The van der Waals surface area contributed by atoms with Gasteiger partial charge in [-0.1, -0.05) is 36.4 Å². The van der Waals surface area contributed by atoms with Crippen molar-refractivity contribution in [3.63, 3.8) is 0 Å². The SMILES string of the molecule is Cc1cccc(C)c1OC(=O)C(=O)Oc1c(C)cccc1C. The zero-order valence-electron chi connectivity index (χ0n) is 13.1. The zero-order valence-corrected chi connectivity index (χ0v) is 13.1. The molecule has 0 aliphatic heterocycles. The molecule has 0 unspecified atom stereocenters. The van der Waals surface area contributed by atoms with Crippen LogP contribution in [0.25, 0.3) is 0 Å². The predicted molar refractivity (Wildman–Crippen MR) is 83.1 cm³/mol. The largest absolute Gasteiger partial charge is 0.423 e. The second kappa shape index (κ2) is 6.43. The molecule has 4 nitrogen and oxygen atoms in total. The number of benzene rings is 2. The van der Waals surface area contributed by atoms with E-state index in [0.717, 1.165) is 22.3 Å². The molecule has 0 spiro atoms. The van der Waals surface area contributed by atoms with Crippen LogP contribution in [0.4, 0.5) is 0 Å². The zero-order chi connectivity index (χ0) is 16.3. The third kappa shape index (κ3) is 3.34. The summed E-state index contributed by atoms with van der Waals surface area (Å²) < 4.78 is 10.4. The minimum atomic E-state index is -1.03. The van der Waals surface area contributed by atoms with Crippen LogP contribution in [0, 0.1) is 27.7 Å². The van der Waals surface area contributed by atoms with Gasteiger partial charge in [0, 0.05) is 0 Å². The van der Waals surface area contributed by atoms with Gasteiger partial charge in [0.1, 0.15) is 11.5 Å². The van der Waals surface area contributed by atoms with Gasteiger partial charge in [0.05, 0.1) is 0 Å². The Morgan fingerprint density at radius 3 is 1.18 bits per heavy atom. The van der Waals surface area contributed by atoms with E-state index >= 15 is 0 Å². The van der Waals surface area contributed by atoms with Gasteiger partial charge in [-0.05, 0) is 49.9 Å². The molecule has 0 aromatic heterocycles. The molecule has 2 aromatic rings. The minimum Gasteiger partial charge on any atom is -0.418 e. The maximum atomic E-state index is 11.9. The van der Waals surface area contributed by atoms with Gasteiger partial charge < -0.3 is 9.47 Å². The Morgan fingerprint density at radius 1 is 0.636 bits per heavy atom. The molecule has 0 heterocycles. The van der Waals surface area contributed by atoms with Crippen LogP contribution in [0.15, 0.2) is 36.4 Å². The Morgan fingerprint density at radius 2 is 0.909 bits per heavy atom. The van der Waals surface area contributed by atoms with Gasteiger partial charge in [-0.3, -0.25) is 0 Å². The Bertz CT molecular complexity index is 628. The van der Waals surface area contributed by atoms with Crippen molar-refractivity contribution in [2.45, 2.75) is 27.7 Å². The Hall–Kier alpha value is -2.62. The average molecular weight is 298 g/mol. The van der Waals surface area contributed by atoms with E-state index in [2.05, 4.69) is 0 Å². The van der Waals surface area contributed by atoms with Crippen LogP contribution in [0.1, 0.15) is 22.3 Å². The number of carbonyl (C=O) groups is 2. The van der Waals surface area contributed by atoms with Crippen LogP contribution in [0.5, 0.6) is 11.5 Å². The van der Waals surface area contributed by atoms with Crippen LogP contribution in [-0.4, -0.2) is 11.9 Å². The molecule has 0 fully saturated rings. The van der Waals surface area contributed by atoms with Crippen molar-refractivity contribution in [3.05, 3.63) is 58.7 Å². The monoisotopic (exact) mass is 298 g/mol. The van der Waals surface area contributed by atoms with E-state index in [1.165, 1.54) is 0 Å². The highest BCUT2D eigenvalue weighted by Gasteiger charge is 2.22. The van der Waals surface area contributed by atoms with E-state index < -0.39 is 11.9 Å². The second-order valence-corrected chi connectivity index (χ2v) is 5.22. The molecule has 0 bridgehead atoms. The highest BCUT2D eigenvalue weighted by atomic mass is 16.6. The quantitative estimate of drug-likeness (QED) is 0.484. The van der Waals surface area contributed by atoms with Gasteiger partial charge in [-0.25, -0.2) is 9.59 Å². The van der Waals surface area contributed by atoms with Crippen LogP contribution in [-0.2, 0) is 9.59 Å². The molecule has 0 saturated carbocycles. The molecule has 4 heteroatoms. The normalized spacial score (nSPS) is 10.2. The topological polar surface area (TPSA) is 52.6 Å². The van der Waals surface area contributed by atoms with Crippen LogP contribution < -0.4 is 9.47 Å². The van der Waals surface area contributed by atoms with E-state index in [9.17, 15) is 9.59 Å². The average Bonchev–Trinajstić information content (AvgIpc) is 2.46. The first-order chi connectivity index (χ1) is 10.4. The van der Waals surface area contributed by atoms with Gasteiger partial charge in [-0.15, -0.1) is 0 Å². The summed E-state index contributed by atoms with van der Waals surface area (Å²) in [5.74, 6) is -1.27. The van der Waals surface area contributed by atoms with E-state index in [-0.39, 0.29) is 0 Å². The molecule has 2 rings (SSSR count). The van der Waals surface area contributed by atoms with Gasteiger partial charge in [0.15, 0.2) is 0 Å². The van der Waals surface area contributed by atoms with Gasteiger partial charge in [-0.2, -0.15) is 0 Å². The fourth-order valence-corrected chi connectivity index (χ4v) is 2.19. The summed E-state index contributed by atoms with van der Waals surface area (Å²) in [6.07, 6.45) is 0. The van der Waals surface area contributed by atoms with Crippen LogP contribution in [0.2, 0.25) is 0 Å². The molecular formula is C18H18O4. The van der Waals surface area contributed by atoms with Crippen molar-refractivity contribution >= 4 is 11.9 Å². The highest BCUT2D eigenvalue weighted by molar-refractivity contribution is 6.31. The number of hydrogen-bond acceptors (Lipinski definition) is 4. The lowest BCUT2D eigenvalue weighted by molar-refractivity contribution is -0.156. The second-order valence-electron chi connectivity index (χ2n) is 5.22. The lowest BCUT2D eigenvalue weighted by atomic mass is 10.1. The molecule has 0 radical (unpaired) electrons. The van der Waals surface area contributed by atoms with E-state index in [0.29, 0.717) is 11.5 Å². The van der Waals surface area contributed by atoms with Crippen molar-refractivity contribution in [1.82, 2.24) is 0 Å². The summed E-state index contributed by atoms with van der Waals surface area (Å²) in [6.45, 7) is 7.25. The number of esters is 2. The molecule has 0 atom stereocenters. The van der Waals surface area contributed by atoms with Gasteiger partial charge >= 0.3 is 11.9 Å². The van der Waals surface area contributed by atoms with E-state index in [1.807, 2.05) is 64.1 Å². The number of hydrogen-bond donors (Lipinski definition) is 0. The van der Waals surface area contributed by atoms with Crippen molar-refractivity contribution in [3.8, 4) is 11.5 Å². The molecule has 0 amide bonds. The fraction of sp³-hybridized carbons (Fsp3) is 0.222. The fourth-order valence-electron chi connectivity index (χ4n) is 2.19. The van der Waals surface area contributed by atoms with Crippen molar-refractivity contribution in [2.24, 2.45) is 0 Å². The number of rotatable bonds is 2. The number of ether oxygens (including phenoxy) is 2. The van der Waals surface area contributed by atoms with Crippen LogP contribution >= 0.6 is 0 Å². The van der Waals surface area contributed by atoms with E-state index in [4.69, 9.17) is 9.47 Å². The van der Waals surface area contributed by atoms with Crippen molar-refractivity contribution in [2.75, 3.05) is 0 Å². The Balaban J connectivity index is 2.15. The lowest BCUT2D eigenvalue weighted by Crippen LogP contribution is -2.26. The number of aryl methyl sites for hydroxylation is 4. The summed E-state index contributed by atoms with van der Waals surface area (Å²) in [7, 11) is 0. The van der Waals surface area contributed by atoms with Crippen LogP contribution in [0.3, 0.4) is 0 Å². The van der Waals surface area contributed by atoms with Gasteiger partial charge in [0.2, 0.25) is 0 Å². The summed E-state index contributed by atoms with van der Waals surface area (Å²) in [5.41, 5.74) is 3.14. The van der Waals surface area contributed by atoms with Crippen molar-refractivity contribution < 1.29 is 19.1 Å². The molecular weight excluding hydrogens is 280 g/mol. The smallest absolute Gasteiger partial charge is 0.418 e. The minimum absolute atomic E-state index is 0.394. The maximum Gasteiger partial charge on any atom is 0.423 e. The van der Waals surface area contributed by atoms with E-state index in [1.54, 1.807) is 0 Å². The maximum absolute atomic E-state index is 11.9. The van der Waals surface area contributed by atoms with Crippen molar-refractivity contribution in [1.29, 1.82) is 0 Å². The first-order valence-electron chi connectivity index (χ1n) is 6.96. The lowest BCUT2D eigenvalue weighted by Gasteiger charge is -2.11. The summed E-state index contributed by atoms with van der Waals surface area (Å²) in [6, 6.07) is 11.0. The summed E-state index contributed by atoms with van der Waals surface area (Å²) >= 11 is 0. The Labute approximate surface area is 129 Å². The molecule has 0 aliphatic carbocycles. The predicted octanol–water partition coefficient (Wildman–Crippen LogP) is 3.43. The number of carbonyl (C=O) groups excluding carboxylic acids is 2. The number of para-hydroxylation sites is 2. The molecule has 2 aromatic carbocycles. The molecule has 0 saturated heterocycles. The standard InChI is InChI=1S/C18H18O4/c1-11-7-5-8-12(2)15(11)21-17(19)18(20)22-16-13(3)9-6-10-14(16)4/h5-10H,1-4H3. The third-order valence-electron chi connectivity index (χ3n) is 3.37. The molecule has 0 aliphatic rings.